The summed E-state index contributed by atoms with van der Waals surface area (Å²) in [6.07, 6.45) is 19.8. The third-order valence-electron chi connectivity index (χ3n) is 14.7. The van der Waals surface area contributed by atoms with Crippen LogP contribution in [0.3, 0.4) is 0 Å². The lowest BCUT2D eigenvalue weighted by Gasteiger charge is -2.24. The molecule has 2 aromatic heterocycles. The Morgan fingerprint density at radius 3 is 1.26 bits per heavy atom. The monoisotopic (exact) mass is 1250 g/mol. The molecule has 17 nitrogen and oxygen atoms in total. The first-order valence-electron chi connectivity index (χ1n) is 32.4. The molecule has 17 heteroatoms. The lowest BCUT2D eigenvalue weighted by atomic mass is 9.94. The van der Waals surface area contributed by atoms with Crippen LogP contribution in [-0.4, -0.2) is 92.2 Å². The molecule has 0 aliphatic heterocycles. The third-order valence-corrected chi connectivity index (χ3v) is 14.7. The molecule has 0 aliphatic carbocycles. The molecule has 0 spiro atoms. The lowest BCUT2D eigenvalue weighted by Crippen LogP contribution is -2.49. The molecule has 5 aromatic carbocycles. The van der Waals surface area contributed by atoms with Crippen LogP contribution in [0.4, 0.5) is 0 Å². The van der Waals surface area contributed by atoms with Crippen molar-refractivity contribution in [1.29, 1.82) is 0 Å². The van der Waals surface area contributed by atoms with Gasteiger partial charge >= 0.3 is 17.9 Å². The number of nitrogens with zero attached hydrogens (tertiary/aromatic N) is 4. The normalized spacial score (nSPS) is 12.6. The van der Waals surface area contributed by atoms with Crippen molar-refractivity contribution in [1.82, 2.24) is 30.6 Å². The zero-order valence-electron chi connectivity index (χ0n) is 55.5. The number of ether oxygens (including phenoxy) is 5. The minimum absolute atomic E-state index is 0.106. The molecule has 2 amide bonds. The molecule has 0 aliphatic rings. The molecular formula is C75H95N7O10. The Balaban J connectivity index is 0.000000299. The van der Waals surface area contributed by atoms with Gasteiger partial charge in [-0.3, -0.25) is 14.4 Å². The van der Waals surface area contributed by atoms with Crippen LogP contribution in [0.25, 0.3) is 45.0 Å². The van der Waals surface area contributed by atoms with Gasteiger partial charge in [0.15, 0.2) is 11.6 Å². The first-order chi connectivity index (χ1) is 44.1. The van der Waals surface area contributed by atoms with E-state index in [1.165, 1.54) is 51.4 Å². The maximum Gasteiger partial charge on any atom is 0.328 e. The van der Waals surface area contributed by atoms with Crippen molar-refractivity contribution in [3.63, 3.8) is 0 Å². The summed E-state index contributed by atoms with van der Waals surface area (Å²) in [7, 11) is 0. The van der Waals surface area contributed by atoms with E-state index in [0.29, 0.717) is 18.1 Å². The van der Waals surface area contributed by atoms with Crippen LogP contribution >= 0.6 is 0 Å². The average molecular weight is 1250 g/mol. The highest BCUT2D eigenvalue weighted by Gasteiger charge is 2.29. The van der Waals surface area contributed by atoms with Crippen molar-refractivity contribution in [2.24, 2.45) is 11.7 Å². The Hall–Kier alpha value is -8.83. The molecule has 4 N–H and O–H groups in total. The van der Waals surface area contributed by atoms with E-state index in [2.05, 4.69) is 44.4 Å². The zero-order valence-corrected chi connectivity index (χ0v) is 55.5. The van der Waals surface area contributed by atoms with Crippen LogP contribution in [-0.2, 0) is 57.6 Å². The van der Waals surface area contributed by atoms with Gasteiger partial charge in [-0.15, -0.1) is 0 Å². The summed E-state index contributed by atoms with van der Waals surface area (Å²) in [6, 6.07) is 38.0. The Labute approximate surface area is 544 Å². The van der Waals surface area contributed by atoms with E-state index in [9.17, 15) is 24.0 Å². The van der Waals surface area contributed by atoms with E-state index in [0.717, 1.165) is 87.6 Å². The third kappa shape index (κ3) is 25.8. The van der Waals surface area contributed by atoms with Gasteiger partial charge in [0.2, 0.25) is 11.8 Å². The average Bonchev–Trinajstić information content (AvgIpc) is 3.56. The number of nitrogens with two attached hydrogens (primary N) is 1. The van der Waals surface area contributed by atoms with E-state index in [1.807, 2.05) is 140 Å². The number of amides is 2. The summed E-state index contributed by atoms with van der Waals surface area (Å²) in [5.74, 6) is -0.270. The molecule has 0 saturated carbocycles. The van der Waals surface area contributed by atoms with Crippen LogP contribution in [0.5, 0.6) is 11.5 Å². The standard InChI is InChI=1S/C42H51N3O6.C33H44N4O4/c1-6-7-8-9-13-24-49-37-22-20-33(21-23-37)36-27-43-39(44-28-36)34-18-16-31(17-19-34)25-35(26-38(46)50-29-32-14-11-10-12-15-32)40(47)45-30(2)41(48)51-42(3,4)5;1-6-7-8-9-10-19-40-28-17-15-25(16-18-28)27-21-35-30(36-22-27)26-13-11-24(12-14-26)20-29(34)31(38)37-23(2)32(39)41-33(3,4)5/h10-12,14-23,27-28,30,35H,6-9,13,24-26,29H2,1-5H3,(H,45,47);11-18,21-23,29H,6-10,19-20,34H2,1-5H3,(H,37,38)/t30-,35-;23-,29+/m11/s1. The Bertz CT molecular complexity index is 3350. The van der Waals surface area contributed by atoms with Crippen molar-refractivity contribution < 1.29 is 47.7 Å². The number of carbonyl (C=O) groups is 5. The van der Waals surface area contributed by atoms with Crippen molar-refractivity contribution >= 4 is 29.7 Å². The first kappa shape index (κ1) is 72.2. The summed E-state index contributed by atoms with van der Waals surface area (Å²) in [5.41, 5.74) is 12.9. The largest absolute Gasteiger partial charge is 0.494 e. The molecule has 0 unspecified atom stereocenters. The van der Waals surface area contributed by atoms with Gasteiger partial charge < -0.3 is 40.1 Å². The van der Waals surface area contributed by atoms with Gasteiger partial charge in [-0.05, 0) is 133 Å². The molecule has 7 aromatic rings. The molecule has 0 radical (unpaired) electrons. The molecule has 7 rings (SSSR count). The lowest BCUT2D eigenvalue weighted by molar-refractivity contribution is -0.159. The molecule has 2 heterocycles. The van der Waals surface area contributed by atoms with Crippen LogP contribution in [0.15, 0.2) is 152 Å². The van der Waals surface area contributed by atoms with Crippen LogP contribution < -0.4 is 25.8 Å². The van der Waals surface area contributed by atoms with Gasteiger partial charge in [0.05, 0.1) is 31.6 Å². The zero-order chi connectivity index (χ0) is 66.5. The molecule has 0 fully saturated rings. The van der Waals surface area contributed by atoms with Gasteiger partial charge in [0, 0.05) is 47.0 Å². The van der Waals surface area contributed by atoms with E-state index in [-0.39, 0.29) is 19.4 Å². The fourth-order valence-electron chi connectivity index (χ4n) is 9.55. The molecule has 92 heavy (non-hydrogen) atoms. The maximum absolute atomic E-state index is 13.4. The second-order valence-corrected chi connectivity index (χ2v) is 25.1. The number of benzene rings is 5. The van der Waals surface area contributed by atoms with Crippen LogP contribution in [0.2, 0.25) is 0 Å². The van der Waals surface area contributed by atoms with E-state index in [1.54, 1.807) is 67.8 Å². The second-order valence-electron chi connectivity index (χ2n) is 25.1. The molecule has 4 atom stereocenters. The molecule has 0 bridgehead atoms. The topological polar surface area (TPSA) is 233 Å². The maximum atomic E-state index is 13.4. The Morgan fingerprint density at radius 2 is 0.848 bits per heavy atom. The van der Waals surface area contributed by atoms with Gasteiger partial charge in [-0.2, -0.15) is 0 Å². The minimum atomic E-state index is -0.890. The van der Waals surface area contributed by atoms with Crippen LogP contribution in [0, 0.1) is 5.92 Å². The Morgan fingerprint density at radius 1 is 0.457 bits per heavy atom. The molecule has 490 valence electrons. The quantitative estimate of drug-likeness (QED) is 0.0202. The number of aromatic nitrogens is 4. The van der Waals surface area contributed by atoms with Crippen molar-refractivity contribution in [3.8, 4) is 56.5 Å². The predicted molar refractivity (Wildman–Crippen MR) is 361 cm³/mol. The first-order valence-corrected chi connectivity index (χ1v) is 32.4. The SMILES string of the molecule is CCCCCCCOc1ccc(-c2cnc(-c3ccc(C[C@H](CC(=O)OCc4ccccc4)C(=O)N[C@H](C)C(=O)OC(C)(C)C)cc3)nc2)cc1.CCCCCCCOc1ccc(-c2cnc(-c3ccc(C[C@H](N)C(=O)N[C@H](C)C(=O)OC(C)(C)C)cc3)nc2)cc1. The number of unbranched alkanes of at least 4 members (excludes halogenated alkanes) is 8. The van der Waals surface area contributed by atoms with Crippen molar-refractivity contribution in [3.05, 3.63) is 169 Å². The Kier molecular flexibility index (Phi) is 29.0. The summed E-state index contributed by atoms with van der Waals surface area (Å²) >= 11 is 0. The van der Waals surface area contributed by atoms with Gasteiger partial charge in [-0.1, -0.05) is 168 Å². The number of hydrogen-bond acceptors (Lipinski definition) is 15. The smallest absolute Gasteiger partial charge is 0.328 e. The van der Waals surface area contributed by atoms with E-state index < -0.39 is 65.0 Å². The minimum Gasteiger partial charge on any atom is -0.494 e. The number of esters is 3. The number of rotatable bonds is 32. The van der Waals surface area contributed by atoms with Crippen molar-refractivity contribution in [2.45, 2.75) is 189 Å². The predicted octanol–water partition coefficient (Wildman–Crippen LogP) is 14.2. The van der Waals surface area contributed by atoms with E-state index in [4.69, 9.17) is 29.4 Å². The van der Waals surface area contributed by atoms with Gasteiger partial charge in [-0.25, -0.2) is 29.5 Å². The van der Waals surface area contributed by atoms with Gasteiger partial charge in [0.1, 0.15) is 41.4 Å². The summed E-state index contributed by atoms with van der Waals surface area (Å²) in [4.78, 5) is 81.8. The summed E-state index contributed by atoms with van der Waals surface area (Å²) in [6.45, 7) is 19.8. The fraction of sp³-hybridized carbons (Fsp3) is 0.427. The number of nitrogens with one attached hydrogen (secondary N) is 2. The summed E-state index contributed by atoms with van der Waals surface area (Å²) < 4.78 is 28.0. The number of hydrogen-bond donors (Lipinski definition) is 3. The van der Waals surface area contributed by atoms with Gasteiger partial charge in [0.25, 0.3) is 0 Å². The summed E-state index contributed by atoms with van der Waals surface area (Å²) in [5, 5.41) is 5.36. The van der Waals surface area contributed by atoms with E-state index >= 15 is 0 Å². The fourth-order valence-corrected chi connectivity index (χ4v) is 9.55. The van der Waals surface area contributed by atoms with Crippen molar-refractivity contribution in [2.75, 3.05) is 13.2 Å². The molecular weight excluding hydrogens is 1160 g/mol. The highest BCUT2D eigenvalue weighted by atomic mass is 16.6. The number of carbonyl (C=O) groups excluding carboxylic acids is 5. The highest BCUT2D eigenvalue weighted by Crippen LogP contribution is 2.27. The second kappa shape index (κ2) is 36.9. The molecule has 0 saturated heterocycles. The highest BCUT2D eigenvalue weighted by molar-refractivity contribution is 5.89. The van der Waals surface area contributed by atoms with Crippen LogP contribution in [0.1, 0.15) is 157 Å².